The average molecular weight is 535 g/mol. The monoisotopic (exact) mass is 534 g/mol. The van der Waals surface area contributed by atoms with Crippen molar-refractivity contribution in [3.63, 3.8) is 0 Å². The second-order valence-electron chi connectivity index (χ2n) is 8.05. The molecule has 1 aliphatic carbocycles. The van der Waals surface area contributed by atoms with E-state index < -0.39 is 18.5 Å². The maximum atomic E-state index is 13.4. The number of carbonyl (C=O) groups is 3. The molecule has 0 radical (unpaired) electrons. The number of nitrogens with one attached hydrogen (secondary N) is 1. The Morgan fingerprint density at radius 3 is 2.57 bits per heavy atom. The van der Waals surface area contributed by atoms with Crippen LogP contribution in [0, 0.1) is 0 Å². The molecule has 35 heavy (non-hydrogen) atoms. The molecular formula is C24H23ClN2O6S2. The molecular weight excluding hydrogens is 512 g/mol. The number of aromatic carboxylic acids is 1. The molecule has 2 aromatic heterocycles. The Labute approximate surface area is 214 Å². The first-order valence-electron chi connectivity index (χ1n) is 11.0. The number of hydrogen-bond acceptors (Lipinski definition) is 6. The van der Waals surface area contributed by atoms with E-state index >= 15 is 0 Å². The number of nitrogens with zero attached hydrogens (tertiary/aromatic N) is 1. The fourth-order valence-electron chi connectivity index (χ4n) is 4.13. The molecule has 2 amide bonds. The molecule has 0 atom stereocenters. The van der Waals surface area contributed by atoms with Gasteiger partial charge in [0.1, 0.15) is 5.02 Å². The van der Waals surface area contributed by atoms with Gasteiger partial charge in [-0.2, -0.15) is 11.3 Å². The summed E-state index contributed by atoms with van der Waals surface area (Å²) < 4.78 is 5.19. The number of aliphatic carboxylic acids is 1. The third-order valence-corrected chi connectivity index (χ3v) is 8.02. The van der Waals surface area contributed by atoms with Gasteiger partial charge in [-0.15, -0.1) is 11.3 Å². The standard InChI is InChI=1S/C24H23ClN2O6S2/c25-19-20(33-12-18(28)29)22(23(30)31)35-21(19)14-5-4-8-17(11-14)27(16-6-2-1-3-7-16)24(32)26-15-9-10-34-13-15/h4-5,8-11,13,16H,1-3,6-7,12H2,(H,26,32)(H,28,29)(H,30,31). The molecule has 0 saturated heterocycles. The molecule has 1 aromatic carbocycles. The van der Waals surface area contributed by atoms with Gasteiger partial charge >= 0.3 is 18.0 Å². The van der Waals surface area contributed by atoms with E-state index in [-0.39, 0.29) is 27.7 Å². The summed E-state index contributed by atoms with van der Waals surface area (Å²) in [5.41, 5.74) is 2.00. The Morgan fingerprint density at radius 2 is 1.91 bits per heavy atom. The molecule has 184 valence electrons. The molecule has 4 rings (SSSR count). The van der Waals surface area contributed by atoms with Crippen LogP contribution in [0.2, 0.25) is 5.02 Å². The van der Waals surface area contributed by atoms with E-state index in [1.807, 2.05) is 22.9 Å². The summed E-state index contributed by atoms with van der Waals surface area (Å²) in [4.78, 5) is 38.1. The maximum absolute atomic E-state index is 13.4. The van der Waals surface area contributed by atoms with Gasteiger partial charge in [-0.1, -0.05) is 43.0 Å². The SMILES string of the molecule is O=C(O)COc1c(C(=O)O)sc(-c2cccc(N(C(=O)Nc3ccsc3)C3CCCCC3)c2)c1Cl. The number of urea groups is 1. The number of benzene rings is 1. The number of carbonyl (C=O) groups excluding carboxylic acids is 1. The first-order valence-corrected chi connectivity index (χ1v) is 13.1. The van der Waals surface area contributed by atoms with Crippen LogP contribution in [0.5, 0.6) is 5.75 Å². The van der Waals surface area contributed by atoms with Crippen molar-refractivity contribution < 1.29 is 29.3 Å². The number of carboxylic acid groups (broad SMARTS) is 2. The van der Waals surface area contributed by atoms with Gasteiger partial charge in [-0.25, -0.2) is 14.4 Å². The number of carboxylic acids is 2. The van der Waals surface area contributed by atoms with Crippen molar-refractivity contribution in [1.29, 1.82) is 0 Å². The summed E-state index contributed by atoms with van der Waals surface area (Å²) in [5.74, 6) is -2.68. The molecule has 3 aromatic rings. The third-order valence-electron chi connectivity index (χ3n) is 5.66. The van der Waals surface area contributed by atoms with Crippen LogP contribution < -0.4 is 15.0 Å². The zero-order chi connectivity index (χ0) is 24.9. The molecule has 3 N–H and O–H groups in total. The van der Waals surface area contributed by atoms with Crippen molar-refractivity contribution in [2.75, 3.05) is 16.8 Å². The molecule has 11 heteroatoms. The lowest BCUT2D eigenvalue weighted by Gasteiger charge is -2.34. The van der Waals surface area contributed by atoms with Gasteiger partial charge in [-0.3, -0.25) is 4.90 Å². The van der Waals surface area contributed by atoms with Gasteiger partial charge in [0.25, 0.3) is 0 Å². The number of thiophene rings is 2. The number of halogens is 1. The molecule has 0 unspecified atom stereocenters. The van der Waals surface area contributed by atoms with Crippen LogP contribution in [0.1, 0.15) is 41.8 Å². The Morgan fingerprint density at radius 1 is 1.14 bits per heavy atom. The highest BCUT2D eigenvalue weighted by Gasteiger charge is 2.29. The fourth-order valence-corrected chi connectivity index (χ4v) is 6.12. The Kier molecular flexibility index (Phi) is 7.94. The number of amides is 2. The first-order chi connectivity index (χ1) is 16.8. The van der Waals surface area contributed by atoms with Crippen LogP contribution in [0.4, 0.5) is 16.2 Å². The predicted octanol–water partition coefficient (Wildman–Crippen LogP) is 6.66. The summed E-state index contributed by atoms with van der Waals surface area (Å²) in [7, 11) is 0. The van der Waals surface area contributed by atoms with Gasteiger partial charge in [0.2, 0.25) is 0 Å². The minimum absolute atomic E-state index is 0.0257. The highest BCUT2D eigenvalue weighted by atomic mass is 35.5. The highest BCUT2D eigenvalue weighted by molar-refractivity contribution is 7.18. The van der Waals surface area contributed by atoms with Crippen molar-refractivity contribution in [3.05, 3.63) is 51.0 Å². The number of hydrogen-bond donors (Lipinski definition) is 3. The third kappa shape index (κ3) is 5.77. The van der Waals surface area contributed by atoms with E-state index in [9.17, 15) is 19.5 Å². The van der Waals surface area contributed by atoms with Crippen LogP contribution in [-0.2, 0) is 4.79 Å². The average Bonchev–Trinajstić information content (AvgIpc) is 3.46. The van der Waals surface area contributed by atoms with Crippen LogP contribution in [-0.4, -0.2) is 40.8 Å². The van der Waals surface area contributed by atoms with Crippen molar-refractivity contribution in [2.24, 2.45) is 0 Å². The van der Waals surface area contributed by atoms with Crippen LogP contribution in [0.25, 0.3) is 10.4 Å². The molecule has 2 heterocycles. The molecule has 0 bridgehead atoms. The summed E-state index contributed by atoms with van der Waals surface area (Å²) in [6.07, 6.45) is 4.98. The lowest BCUT2D eigenvalue weighted by atomic mass is 9.94. The number of anilines is 2. The summed E-state index contributed by atoms with van der Waals surface area (Å²) in [5, 5.41) is 25.3. The van der Waals surface area contributed by atoms with Gasteiger partial charge in [0, 0.05) is 17.1 Å². The number of ether oxygens (including phenoxy) is 1. The molecule has 1 fully saturated rings. The zero-order valence-electron chi connectivity index (χ0n) is 18.5. The van der Waals surface area contributed by atoms with Gasteiger partial charge in [0.15, 0.2) is 17.2 Å². The number of rotatable bonds is 8. The lowest BCUT2D eigenvalue weighted by Crippen LogP contribution is -2.44. The Bertz CT molecular complexity index is 1220. The van der Waals surface area contributed by atoms with Crippen molar-refractivity contribution in [2.45, 2.75) is 38.1 Å². The molecule has 1 saturated carbocycles. The van der Waals surface area contributed by atoms with Crippen LogP contribution in [0.3, 0.4) is 0 Å². The fraction of sp³-hybridized carbons (Fsp3) is 0.292. The molecule has 0 aliphatic heterocycles. The van der Waals surface area contributed by atoms with Crippen LogP contribution in [0.15, 0.2) is 41.1 Å². The van der Waals surface area contributed by atoms with Crippen molar-refractivity contribution in [1.82, 2.24) is 0 Å². The normalized spacial score (nSPS) is 13.9. The first kappa shape index (κ1) is 25.0. The second kappa shape index (κ2) is 11.1. The van der Waals surface area contributed by atoms with E-state index in [1.165, 1.54) is 11.3 Å². The molecule has 8 nitrogen and oxygen atoms in total. The summed E-state index contributed by atoms with van der Waals surface area (Å²) in [6.45, 7) is -0.714. The van der Waals surface area contributed by atoms with Gasteiger partial charge in [0.05, 0.1) is 10.6 Å². The minimum atomic E-state index is -1.27. The van der Waals surface area contributed by atoms with E-state index in [1.54, 1.807) is 23.1 Å². The van der Waals surface area contributed by atoms with E-state index in [4.69, 9.17) is 21.4 Å². The molecule has 0 spiro atoms. The van der Waals surface area contributed by atoms with Gasteiger partial charge < -0.3 is 20.3 Å². The summed E-state index contributed by atoms with van der Waals surface area (Å²) in [6, 6.07) is 8.83. The van der Waals surface area contributed by atoms with Crippen molar-refractivity contribution in [3.8, 4) is 16.2 Å². The minimum Gasteiger partial charge on any atom is -0.479 e. The smallest absolute Gasteiger partial charge is 0.349 e. The Balaban J connectivity index is 1.71. The topological polar surface area (TPSA) is 116 Å². The maximum Gasteiger partial charge on any atom is 0.349 e. The Hall–Kier alpha value is -3.08. The van der Waals surface area contributed by atoms with Crippen molar-refractivity contribution >= 4 is 63.6 Å². The quantitative estimate of drug-likeness (QED) is 0.297. The second-order valence-corrected chi connectivity index (χ2v) is 10.2. The van der Waals surface area contributed by atoms with E-state index in [0.29, 0.717) is 16.1 Å². The molecule has 1 aliphatic rings. The van der Waals surface area contributed by atoms with Crippen LogP contribution >= 0.6 is 34.3 Å². The lowest BCUT2D eigenvalue weighted by molar-refractivity contribution is -0.139. The largest absolute Gasteiger partial charge is 0.479 e. The predicted molar refractivity (Wildman–Crippen MR) is 138 cm³/mol. The van der Waals surface area contributed by atoms with E-state index in [2.05, 4.69) is 5.32 Å². The summed E-state index contributed by atoms with van der Waals surface area (Å²) >= 11 is 8.86. The van der Waals surface area contributed by atoms with E-state index in [0.717, 1.165) is 49.1 Å². The van der Waals surface area contributed by atoms with Gasteiger partial charge in [-0.05, 0) is 42.0 Å². The zero-order valence-corrected chi connectivity index (χ0v) is 20.9. The highest BCUT2D eigenvalue weighted by Crippen LogP contribution is 2.46.